The zero-order valence-corrected chi connectivity index (χ0v) is 13.9. The first-order valence-electron chi connectivity index (χ1n) is 8.05. The van der Waals surface area contributed by atoms with E-state index in [9.17, 15) is 8.42 Å². The zero-order valence-electron chi connectivity index (χ0n) is 13.1. The third-order valence-corrected chi connectivity index (χ3v) is 7.05. The molecule has 4 rings (SSSR count). The summed E-state index contributed by atoms with van der Waals surface area (Å²) in [5, 5.41) is 0. The van der Waals surface area contributed by atoms with Crippen LogP contribution in [-0.2, 0) is 14.8 Å². The average Bonchev–Trinajstić information content (AvgIpc) is 2.86. The highest BCUT2D eigenvalue weighted by Crippen LogP contribution is 2.42. The smallest absolute Gasteiger partial charge is 0.243 e. The van der Waals surface area contributed by atoms with E-state index < -0.39 is 10.0 Å². The maximum Gasteiger partial charge on any atom is 0.243 e. The summed E-state index contributed by atoms with van der Waals surface area (Å²) in [6.45, 7) is 0.939. The van der Waals surface area contributed by atoms with Crippen molar-refractivity contribution < 1.29 is 22.6 Å². The van der Waals surface area contributed by atoms with Crippen LogP contribution in [0.3, 0.4) is 0 Å². The van der Waals surface area contributed by atoms with E-state index in [4.69, 9.17) is 14.2 Å². The van der Waals surface area contributed by atoms with Crippen molar-refractivity contribution in [1.82, 2.24) is 4.31 Å². The van der Waals surface area contributed by atoms with Crippen molar-refractivity contribution in [3.05, 3.63) is 18.2 Å². The molecule has 2 saturated heterocycles. The standard InChI is InChI=1S/C16H21NO5S/c1-20-13-8-11-2-3-12(9-13)17(11)23(18,19)14-4-5-15-16(10-14)22-7-6-21-15/h4-5,10-13H,2-3,6-9H2,1H3. The minimum Gasteiger partial charge on any atom is -0.486 e. The lowest BCUT2D eigenvalue weighted by Crippen LogP contribution is -2.48. The molecule has 7 heteroatoms. The van der Waals surface area contributed by atoms with Gasteiger partial charge in [0.15, 0.2) is 11.5 Å². The van der Waals surface area contributed by atoms with Gasteiger partial charge in [-0.25, -0.2) is 8.42 Å². The quantitative estimate of drug-likeness (QED) is 0.840. The van der Waals surface area contributed by atoms with Gasteiger partial charge in [-0.2, -0.15) is 4.31 Å². The molecule has 0 aliphatic carbocycles. The molecule has 0 saturated carbocycles. The minimum atomic E-state index is -3.52. The average molecular weight is 339 g/mol. The Bertz CT molecular complexity index is 690. The van der Waals surface area contributed by atoms with Crippen molar-refractivity contribution in [2.24, 2.45) is 0 Å². The second-order valence-electron chi connectivity index (χ2n) is 6.35. The van der Waals surface area contributed by atoms with E-state index >= 15 is 0 Å². The molecule has 23 heavy (non-hydrogen) atoms. The van der Waals surface area contributed by atoms with Crippen LogP contribution in [-0.4, -0.2) is 51.2 Å². The van der Waals surface area contributed by atoms with Gasteiger partial charge < -0.3 is 14.2 Å². The first kappa shape index (κ1) is 15.2. The third kappa shape index (κ3) is 2.51. The predicted octanol–water partition coefficient (Wildman–Crippen LogP) is 1.79. The summed E-state index contributed by atoms with van der Waals surface area (Å²) in [4.78, 5) is 0.287. The number of benzene rings is 1. The molecule has 0 N–H and O–H groups in total. The van der Waals surface area contributed by atoms with E-state index in [1.807, 2.05) is 0 Å². The molecule has 0 amide bonds. The second-order valence-corrected chi connectivity index (χ2v) is 8.20. The molecule has 126 valence electrons. The molecule has 0 aromatic heterocycles. The van der Waals surface area contributed by atoms with Crippen LogP contribution < -0.4 is 9.47 Å². The minimum absolute atomic E-state index is 0.0388. The summed E-state index contributed by atoms with van der Waals surface area (Å²) in [6.07, 6.45) is 3.54. The molecular formula is C16H21NO5S. The van der Waals surface area contributed by atoms with E-state index in [1.54, 1.807) is 29.6 Å². The molecular weight excluding hydrogens is 318 g/mol. The molecule has 2 fully saturated rings. The molecule has 6 nitrogen and oxygen atoms in total. The first-order chi connectivity index (χ1) is 11.1. The van der Waals surface area contributed by atoms with Gasteiger partial charge in [0.05, 0.1) is 11.0 Å². The van der Waals surface area contributed by atoms with E-state index in [-0.39, 0.29) is 23.1 Å². The van der Waals surface area contributed by atoms with Gasteiger partial charge >= 0.3 is 0 Å². The van der Waals surface area contributed by atoms with Crippen molar-refractivity contribution >= 4 is 10.0 Å². The van der Waals surface area contributed by atoms with Gasteiger partial charge in [0.25, 0.3) is 0 Å². The number of methoxy groups -OCH3 is 1. The molecule has 2 atom stereocenters. The van der Waals surface area contributed by atoms with Crippen LogP contribution in [0, 0.1) is 0 Å². The Labute approximate surface area is 136 Å². The number of piperidine rings is 1. The largest absolute Gasteiger partial charge is 0.486 e. The van der Waals surface area contributed by atoms with E-state index in [0.29, 0.717) is 24.7 Å². The Morgan fingerprint density at radius 3 is 2.39 bits per heavy atom. The highest BCUT2D eigenvalue weighted by Gasteiger charge is 2.47. The number of fused-ring (bicyclic) bond motifs is 3. The van der Waals surface area contributed by atoms with E-state index in [0.717, 1.165) is 25.7 Å². The summed E-state index contributed by atoms with van der Waals surface area (Å²) < 4.78 is 44.4. The van der Waals surface area contributed by atoms with Crippen molar-refractivity contribution in [2.75, 3.05) is 20.3 Å². The van der Waals surface area contributed by atoms with Crippen LogP contribution in [0.25, 0.3) is 0 Å². The van der Waals surface area contributed by atoms with Crippen LogP contribution in [0.1, 0.15) is 25.7 Å². The molecule has 2 bridgehead atoms. The van der Waals surface area contributed by atoms with Crippen molar-refractivity contribution in [3.63, 3.8) is 0 Å². The number of sulfonamides is 1. The first-order valence-corrected chi connectivity index (χ1v) is 9.49. The lowest BCUT2D eigenvalue weighted by Gasteiger charge is -2.37. The highest BCUT2D eigenvalue weighted by molar-refractivity contribution is 7.89. The Balaban J connectivity index is 1.66. The topological polar surface area (TPSA) is 65.1 Å². The van der Waals surface area contributed by atoms with Gasteiger partial charge in [0.2, 0.25) is 10.0 Å². The number of rotatable bonds is 3. The van der Waals surface area contributed by atoms with Gasteiger partial charge in [0.1, 0.15) is 13.2 Å². The van der Waals surface area contributed by atoms with Crippen LogP contribution in [0.2, 0.25) is 0 Å². The molecule has 1 aromatic carbocycles. The highest BCUT2D eigenvalue weighted by atomic mass is 32.2. The molecule has 0 radical (unpaired) electrons. The number of ether oxygens (including phenoxy) is 3. The normalized spacial score (nSPS) is 30.4. The number of nitrogens with zero attached hydrogens (tertiary/aromatic N) is 1. The number of hydrogen-bond donors (Lipinski definition) is 0. The molecule has 2 unspecified atom stereocenters. The van der Waals surface area contributed by atoms with Crippen LogP contribution in [0.15, 0.2) is 23.1 Å². The Hall–Kier alpha value is -1.31. The summed E-state index contributed by atoms with van der Waals surface area (Å²) in [5.74, 6) is 1.12. The molecule has 3 aliphatic heterocycles. The maximum absolute atomic E-state index is 13.1. The van der Waals surface area contributed by atoms with Crippen molar-refractivity contribution in [1.29, 1.82) is 0 Å². The molecule has 3 aliphatic rings. The van der Waals surface area contributed by atoms with Gasteiger partial charge in [0, 0.05) is 25.3 Å². The molecule has 0 spiro atoms. The summed E-state index contributed by atoms with van der Waals surface area (Å²) in [7, 11) is -1.82. The van der Waals surface area contributed by atoms with Gasteiger partial charge in [-0.1, -0.05) is 0 Å². The lowest BCUT2D eigenvalue weighted by molar-refractivity contribution is 0.0349. The van der Waals surface area contributed by atoms with Crippen molar-refractivity contribution in [3.8, 4) is 11.5 Å². The SMILES string of the molecule is COC1CC2CCC(C1)N2S(=O)(=O)c1ccc2c(c1)OCCO2. The fourth-order valence-corrected chi connectivity index (χ4v) is 5.88. The summed E-state index contributed by atoms with van der Waals surface area (Å²) >= 11 is 0. The molecule has 1 aromatic rings. The zero-order chi connectivity index (χ0) is 16.0. The van der Waals surface area contributed by atoms with Gasteiger partial charge in [-0.3, -0.25) is 0 Å². The lowest BCUT2D eigenvalue weighted by atomic mass is 10.0. The van der Waals surface area contributed by atoms with Crippen LogP contribution >= 0.6 is 0 Å². The fourth-order valence-electron chi connectivity index (χ4n) is 3.97. The molecule has 3 heterocycles. The summed E-state index contributed by atoms with van der Waals surface area (Å²) in [6, 6.07) is 4.97. The third-order valence-electron chi connectivity index (χ3n) is 5.05. The van der Waals surface area contributed by atoms with E-state index in [2.05, 4.69) is 0 Å². The second kappa shape index (κ2) is 5.65. The Kier molecular flexibility index (Phi) is 3.74. The van der Waals surface area contributed by atoms with Gasteiger partial charge in [-0.05, 0) is 37.8 Å². The van der Waals surface area contributed by atoms with E-state index in [1.165, 1.54) is 0 Å². The van der Waals surface area contributed by atoms with Crippen LogP contribution in [0.5, 0.6) is 11.5 Å². The summed E-state index contributed by atoms with van der Waals surface area (Å²) in [5.41, 5.74) is 0. The fraction of sp³-hybridized carbons (Fsp3) is 0.625. The van der Waals surface area contributed by atoms with Crippen LogP contribution in [0.4, 0.5) is 0 Å². The Morgan fingerprint density at radius 2 is 1.74 bits per heavy atom. The monoisotopic (exact) mass is 339 g/mol. The van der Waals surface area contributed by atoms with Crippen molar-refractivity contribution in [2.45, 2.75) is 48.8 Å². The number of hydrogen-bond acceptors (Lipinski definition) is 5. The predicted molar refractivity (Wildman–Crippen MR) is 83.3 cm³/mol. The van der Waals surface area contributed by atoms with Gasteiger partial charge in [-0.15, -0.1) is 0 Å². The maximum atomic E-state index is 13.1. The Morgan fingerprint density at radius 1 is 1.09 bits per heavy atom.